The lowest BCUT2D eigenvalue weighted by molar-refractivity contribution is -0.280. The van der Waals surface area contributed by atoms with Crippen molar-refractivity contribution in [2.75, 3.05) is 19.7 Å². The highest BCUT2D eigenvalue weighted by atomic mass is 32.1. The Balaban J connectivity index is 1.99. The number of likely N-dealkylation sites (tertiary alicyclic amines) is 1. The molecule has 1 aliphatic heterocycles. The van der Waals surface area contributed by atoms with Crippen LogP contribution in [0.5, 0.6) is 0 Å². The van der Waals surface area contributed by atoms with Gasteiger partial charge >= 0.3 is 12.3 Å². The van der Waals surface area contributed by atoms with Crippen LogP contribution >= 0.6 is 11.3 Å². The molecule has 3 heterocycles. The maximum Gasteiger partial charge on any atom is 0.442 e. The van der Waals surface area contributed by atoms with Crippen molar-refractivity contribution in [3.63, 3.8) is 0 Å². The summed E-state index contributed by atoms with van der Waals surface area (Å²) in [7, 11) is 0. The fourth-order valence-electron chi connectivity index (χ4n) is 4.74. The number of amides is 1. The van der Waals surface area contributed by atoms with Crippen LogP contribution < -0.4 is 5.32 Å². The molecular weight excluding hydrogens is 501 g/mol. The number of hydrogen-bond donors (Lipinski definition) is 1. The molecule has 200 valence electrons. The highest BCUT2D eigenvalue weighted by Gasteiger charge is 2.71. The van der Waals surface area contributed by atoms with E-state index in [1.807, 2.05) is 32.9 Å². The van der Waals surface area contributed by atoms with Gasteiger partial charge in [0.1, 0.15) is 0 Å². The number of carbonyl (C=O) groups excluding carboxylic acids is 1. The standard InChI is InChI=1S/C25H32F5N3O2S/c1-5-14-35-21(34)32-24(27,25(28,29)30)23(11-10-19-8-9-20(26)36-19)12-13-33(16-23)22(3,4)18-7-6-17(2)31-15-18/h6-9,15H,5,10-14,16H2,1-4H3,(H,32,34). The molecule has 3 rings (SSSR count). The number of alkyl halides is 4. The molecule has 1 aliphatic rings. The SMILES string of the molecule is CCCOC(=O)NC(F)(C(F)(F)F)C1(CCc2ccc(F)s2)CCN(C(C)(C)c2ccc(C)nc2)C1. The number of carbonyl (C=O) groups is 1. The van der Waals surface area contributed by atoms with Gasteiger partial charge in [-0.15, -0.1) is 11.3 Å². The summed E-state index contributed by atoms with van der Waals surface area (Å²) in [5.41, 5.74) is -1.22. The van der Waals surface area contributed by atoms with Crippen molar-refractivity contribution in [1.82, 2.24) is 15.2 Å². The largest absolute Gasteiger partial charge is 0.450 e. The number of pyridine rings is 1. The van der Waals surface area contributed by atoms with Crippen LogP contribution in [0.3, 0.4) is 0 Å². The third kappa shape index (κ3) is 5.66. The zero-order valence-corrected chi connectivity index (χ0v) is 21.7. The molecule has 1 N–H and O–H groups in total. The fraction of sp³-hybridized carbons (Fsp3) is 0.600. The topological polar surface area (TPSA) is 54.5 Å². The zero-order chi connectivity index (χ0) is 26.8. The Morgan fingerprint density at radius 1 is 1.22 bits per heavy atom. The highest BCUT2D eigenvalue weighted by molar-refractivity contribution is 7.10. The van der Waals surface area contributed by atoms with Crippen molar-refractivity contribution in [2.24, 2.45) is 5.41 Å². The fourth-order valence-corrected chi connectivity index (χ4v) is 5.47. The molecule has 36 heavy (non-hydrogen) atoms. The van der Waals surface area contributed by atoms with Crippen molar-refractivity contribution in [3.8, 4) is 0 Å². The second-order valence-electron chi connectivity index (χ2n) is 9.82. The van der Waals surface area contributed by atoms with Crippen LogP contribution in [0.2, 0.25) is 0 Å². The molecule has 0 aliphatic carbocycles. The number of rotatable bonds is 9. The predicted octanol–water partition coefficient (Wildman–Crippen LogP) is 6.51. The zero-order valence-electron chi connectivity index (χ0n) is 20.8. The molecule has 5 nitrogen and oxygen atoms in total. The molecule has 0 radical (unpaired) electrons. The molecule has 1 saturated heterocycles. The third-order valence-corrected chi connectivity index (χ3v) is 8.01. The van der Waals surface area contributed by atoms with Crippen LogP contribution in [0.1, 0.15) is 56.2 Å². The van der Waals surface area contributed by atoms with Crippen LogP contribution in [0.25, 0.3) is 0 Å². The number of nitrogens with zero attached hydrogens (tertiary/aromatic N) is 2. The van der Waals surface area contributed by atoms with E-state index in [1.54, 1.807) is 23.3 Å². The summed E-state index contributed by atoms with van der Waals surface area (Å²) in [6.07, 6.45) is -5.23. The van der Waals surface area contributed by atoms with Gasteiger partial charge in [0, 0.05) is 34.3 Å². The molecule has 0 saturated carbocycles. The van der Waals surface area contributed by atoms with Crippen LogP contribution in [0.15, 0.2) is 30.5 Å². The molecule has 0 bridgehead atoms. The number of alkyl carbamates (subject to hydrolysis) is 1. The van der Waals surface area contributed by atoms with Crippen LogP contribution in [0, 0.1) is 17.5 Å². The van der Waals surface area contributed by atoms with E-state index in [-0.39, 0.29) is 39.0 Å². The molecule has 2 aromatic rings. The van der Waals surface area contributed by atoms with Crippen molar-refractivity contribution in [3.05, 3.63) is 51.7 Å². The smallest absolute Gasteiger partial charge is 0.442 e. The van der Waals surface area contributed by atoms with Gasteiger partial charge in [-0.25, -0.2) is 9.18 Å². The van der Waals surface area contributed by atoms with Crippen LogP contribution in [-0.2, 0) is 16.7 Å². The van der Waals surface area contributed by atoms with Gasteiger partial charge in [0.05, 0.1) is 6.61 Å². The summed E-state index contributed by atoms with van der Waals surface area (Å²) >= 11 is 0.813. The Hall–Kier alpha value is -2.27. The molecule has 2 aromatic heterocycles. The number of aromatic nitrogens is 1. The Kier molecular flexibility index (Phi) is 8.34. The number of hydrogen-bond acceptors (Lipinski definition) is 5. The Labute approximate surface area is 212 Å². The van der Waals surface area contributed by atoms with Crippen molar-refractivity contribution >= 4 is 17.4 Å². The molecule has 1 amide bonds. The van der Waals surface area contributed by atoms with E-state index < -0.39 is 34.1 Å². The Morgan fingerprint density at radius 3 is 2.50 bits per heavy atom. The summed E-state index contributed by atoms with van der Waals surface area (Å²) in [5.74, 6) is -4.06. The molecule has 0 spiro atoms. The van der Waals surface area contributed by atoms with Crippen LogP contribution in [-0.4, -0.2) is 47.6 Å². The summed E-state index contributed by atoms with van der Waals surface area (Å²) in [5, 5.41) is 1.08. The molecule has 0 aromatic carbocycles. The highest BCUT2D eigenvalue weighted by Crippen LogP contribution is 2.54. The maximum absolute atomic E-state index is 16.4. The van der Waals surface area contributed by atoms with Crippen LogP contribution in [0.4, 0.5) is 26.7 Å². The van der Waals surface area contributed by atoms with Gasteiger partial charge in [-0.05, 0) is 76.8 Å². The van der Waals surface area contributed by atoms with Gasteiger partial charge in [-0.2, -0.15) is 17.6 Å². The summed E-state index contributed by atoms with van der Waals surface area (Å²) in [6, 6.07) is 6.38. The Bertz CT molecular complexity index is 1040. The monoisotopic (exact) mass is 533 g/mol. The van der Waals surface area contributed by atoms with Crippen molar-refractivity contribution < 1.29 is 31.5 Å². The number of ether oxygens (including phenoxy) is 1. The van der Waals surface area contributed by atoms with E-state index >= 15 is 4.39 Å². The first-order chi connectivity index (χ1) is 16.7. The number of halogens is 5. The number of aryl methyl sites for hydroxylation is 2. The van der Waals surface area contributed by atoms with Crippen molar-refractivity contribution in [1.29, 1.82) is 0 Å². The van der Waals surface area contributed by atoms with Gasteiger partial charge in [0.15, 0.2) is 5.13 Å². The molecule has 1 fully saturated rings. The first-order valence-corrected chi connectivity index (χ1v) is 12.7. The lowest BCUT2D eigenvalue weighted by atomic mass is 9.72. The number of thiophene rings is 1. The summed E-state index contributed by atoms with van der Waals surface area (Å²) < 4.78 is 78.2. The normalized spacial score (nSPS) is 20.8. The lowest BCUT2D eigenvalue weighted by Crippen LogP contribution is -2.66. The predicted molar refractivity (Wildman–Crippen MR) is 128 cm³/mol. The first kappa shape index (κ1) is 28.3. The maximum atomic E-state index is 16.4. The van der Waals surface area contributed by atoms with E-state index in [0.717, 1.165) is 22.6 Å². The van der Waals surface area contributed by atoms with E-state index in [2.05, 4.69) is 4.98 Å². The van der Waals surface area contributed by atoms with E-state index in [9.17, 15) is 22.4 Å². The Morgan fingerprint density at radius 2 is 1.94 bits per heavy atom. The van der Waals surface area contributed by atoms with E-state index in [1.165, 1.54) is 12.1 Å². The molecular formula is C25H32F5N3O2S. The minimum Gasteiger partial charge on any atom is -0.450 e. The minimum atomic E-state index is -5.41. The van der Waals surface area contributed by atoms with Gasteiger partial charge < -0.3 is 4.74 Å². The second-order valence-corrected chi connectivity index (χ2v) is 10.9. The van der Waals surface area contributed by atoms with Gasteiger partial charge in [-0.1, -0.05) is 13.0 Å². The summed E-state index contributed by atoms with van der Waals surface area (Å²) in [4.78, 5) is 18.8. The number of nitrogens with one attached hydrogen (secondary N) is 1. The molecule has 11 heteroatoms. The van der Waals surface area contributed by atoms with E-state index in [0.29, 0.717) is 11.3 Å². The average molecular weight is 534 g/mol. The average Bonchev–Trinajstić information content (AvgIpc) is 3.43. The second kappa shape index (κ2) is 10.6. The van der Waals surface area contributed by atoms with Gasteiger partial charge in [0.25, 0.3) is 5.79 Å². The quantitative estimate of drug-likeness (QED) is 0.295. The third-order valence-electron chi connectivity index (χ3n) is 7.07. The van der Waals surface area contributed by atoms with Gasteiger partial charge in [0.2, 0.25) is 0 Å². The van der Waals surface area contributed by atoms with Gasteiger partial charge in [-0.3, -0.25) is 15.2 Å². The minimum absolute atomic E-state index is 0.0301. The molecule has 2 unspecified atom stereocenters. The van der Waals surface area contributed by atoms with Crippen molar-refractivity contribution in [2.45, 2.75) is 70.9 Å². The van der Waals surface area contributed by atoms with E-state index in [4.69, 9.17) is 4.74 Å². The summed E-state index contributed by atoms with van der Waals surface area (Å²) in [6.45, 7) is 6.94. The lowest BCUT2D eigenvalue weighted by Gasteiger charge is -2.45. The first-order valence-electron chi connectivity index (χ1n) is 11.9. The molecule has 2 atom stereocenters.